The van der Waals surface area contributed by atoms with Crippen molar-refractivity contribution in [2.45, 2.75) is 39.4 Å². The van der Waals surface area contributed by atoms with Crippen molar-refractivity contribution in [1.29, 1.82) is 0 Å². The molecular formula is C10H20O4. The van der Waals surface area contributed by atoms with Crippen LogP contribution in [0.1, 0.15) is 27.2 Å². The van der Waals surface area contributed by atoms with Crippen molar-refractivity contribution in [1.82, 2.24) is 0 Å². The third-order valence-electron chi connectivity index (χ3n) is 2.31. The second-order valence-electron chi connectivity index (χ2n) is 3.48. The topological polar surface area (TPSA) is 55.8 Å². The van der Waals surface area contributed by atoms with Gasteiger partial charge in [-0.25, -0.2) is 0 Å². The van der Waals surface area contributed by atoms with Crippen molar-refractivity contribution in [3.63, 3.8) is 0 Å². The van der Waals surface area contributed by atoms with E-state index < -0.39 is 0 Å². The van der Waals surface area contributed by atoms with Crippen molar-refractivity contribution >= 4 is 5.97 Å². The molecule has 3 atom stereocenters. The number of aliphatic hydroxyl groups is 1. The molecule has 1 N–H and O–H groups in total. The molecule has 0 aromatic rings. The van der Waals surface area contributed by atoms with Gasteiger partial charge in [0.2, 0.25) is 0 Å². The first kappa shape index (κ1) is 13.4. The maximum Gasteiger partial charge on any atom is 0.302 e. The molecule has 0 bridgehead atoms. The summed E-state index contributed by atoms with van der Waals surface area (Å²) in [6.07, 6.45) is 1.17. The lowest BCUT2D eigenvalue weighted by Crippen LogP contribution is -2.36. The van der Waals surface area contributed by atoms with Crippen LogP contribution in [0.4, 0.5) is 0 Å². The van der Waals surface area contributed by atoms with Crippen LogP contribution in [0.15, 0.2) is 0 Å². The fraction of sp³-hybridized carbons (Fsp3) is 0.900. The van der Waals surface area contributed by atoms with E-state index in [0.717, 1.165) is 13.5 Å². The third kappa shape index (κ3) is 4.58. The molecular weight excluding hydrogens is 184 g/mol. The average Bonchev–Trinajstić information content (AvgIpc) is 2.14. The molecule has 1 heterocycles. The van der Waals surface area contributed by atoms with Gasteiger partial charge in [-0.2, -0.15) is 0 Å². The molecule has 0 spiro atoms. The van der Waals surface area contributed by atoms with Crippen molar-refractivity contribution in [2.24, 2.45) is 5.92 Å². The Labute approximate surface area is 85.2 Å². The van der Waals surface area contributed by atoms with Gasteiger partial charge in [0, 0.05) is 14.0 Å². The Bertz CT molecular complexity index is 170. The predicted molar refractivity (Wildman–Crippen MR) is 52.9 cm³/mol. The number of carbonyl (C=O) groups is 1. The molecule has 1 saturated heterocycles. The highest BCUT2D eigenvalue weighted by molar-refractivity contribution is 5.66. The minimum atomic E-state index is -0.217. The molecule has 0 aliphatic carbocycles. The van der Waals surface area contributed by atoms with Gasteiger partial charge in [0.25, 0.3) is 0 Å². The van der Waals surface area contributed by atoms with Gasteiger partial charge in [0.1, 0.15) is 6.10 Å². The van der Waals surface area contributed by atoms with Gasteiger partial charge in [-0.3, -0.25) is 4.79 Å². The molecule has 1 rings (SSSR count). The summed E-state index contributed by atoms with van der Waals surface area (Å²) in [4.78, 5) is 10.6. The van der Waals surface area contributed by atoms with Crippen LogP contribution in [-0.2, 0) is 14.3 Å². The summed E-state index contributed by atoms with van der Waals surface area (Å²) in [5.41, 5.74) is 0. The number of rotatable bonds is 1. The van der Waals surface area contributed by atoms with Gasteiger partial charge in [-0.05, 0) is 19.3 Å². The van der Waals surface area contributed by atoms with Crippen LogP contribution in [-0.4, -0.2) is 37.0 Å². The van der Waals surface area contributed by atoms with E-state index in [2.05, 4.69) is 13.8 Å². The van der Waals surface area contributed by atoms with Gasteiger partial charge < -0.3 is 14.6 Å². The molecule has 4 heteroatoms. The quantitative estimate of drug-likeness (QED) is 0.647. The number of ether oxygens (including phenoxy) is 2. The first-order valence-electron chi connectivity index (χ1n) is 4.83. The molecule has 0 aromatic heterocycles. The van der Waals surface area contributed by atoms with Crippen LogP contribution in [0.5, 0.6) is 0 Å². The van der Waals surface area contributed by atoms with E-state index in [9.17, 15) is 4.79 Å². The minimum absolute atomic E-state index is 0.0336. The summed E-state index contributed by atoms with van der Waals surface area (Å²) in [5, 5.41) is 7.00. The Morgan fingerprint density at radius 1 is 1.43 bits per heavy atom. The molecule has 84 valence electrons. The number of carbonyl (C=O) groups excluding carboxylic acids is 1. The van der Waals surface area contributed by atoms with Gasteiger partial charge in [0.15, 0.2) is 0 Å². The van der Waals surface area contributed by atoms with Crippen molar-refractivity contribution in [3.05, 3.63) is 0 Å². The first-order chi connectivity index (χ1) is 6.59. The van der Waals surface area contributed by atoms with Crippen molar-refractivity contribution in [2.75, 3.05) is 13.7 Å². The number of esters is 1. The fourth-order valence-corrected chi connectivity index (χ4v) is 1.41. The van der Waals surface area contributed by atoms with Crippen LogP contribution in [0.2, 0.25) is 0 Å². The monoisotopic (exact) mass is 204 g/mol. The Kier molecular flexibility index (Phi) is 6.49. The number of hydrogen-bond acceptors (Lipinski definition) is 4. The normalized spacial score (nSPS) is 31.4. The van der Waals surface area contributed by atoms with Crippen LogP contribution in [0.3, 0.4) is 0 Å². The average molecular weight is 204 g/mol. The fourth-order valence-electron chi connectivity index (χ4n) is 1.41. The minimum Gasteiger partial charge on any atom is -0.460 e. The van der Waals surface area contributed by atoms with Crippen molar-refractivity contribution < 1.29 is 19.4 Å². The zero-order chi connectivity index (χ0) is 11.1. The Morgan fingerprint density at radius 3 is 2.43 bits per heavy atom. The molecule has 4 nitrogen and oxygen atoms in total. The van der Waals surface area contributed by atoms with Crippen LogP contribution >= 0.6 is 0 Å². The van der Waals surface area contributed by atoms with Gasteiger partial charge in [-0.15, -0.1) is 0 Å². The molecule has 3 unspecified atom stereocenters. The lowest BCUT2D eigenvalue weighted by atomic mass is 9.96. The number of aliphatic hydroxyl groups excluding tert-OH is 1. The second kappa shape index (κ2) is 6.79. The Hall–Kier alpha value is -0.610. The van der Waals surface area contributed by atoms with E-state index in [-0.39, 0.29) is 18.2 Å². The standard InChI is InChI=1S/C9H16O3.CH4O/c1-6-4-9(12-8(3)10)5-11-7(6)2;1-2/h6-7,9H,4-5H2,1-3H3;2H,1H3. The summed E-state index contributed by atoms with van der Waals surface area (Å²) in [6, 6.07) is 0. The molecule has 0 saturated carbocycles. The second-order valence-corrected chi connectivity index (χ2v) is 3.48. The third-order valence-corrected chi connectivity index (χ3v) is 2.31. The van der Waals surface area contributed by atoms with E-state index in [4.69, 9.17) is 14.6 Å². The molecule has 0 amide bonds. The van der Waals surface area contributed by atoms with E-state index in [1.54, 1.807) is 0 Å². The molecule has 14 heavy (non-hydrogen) atoms. The smallest absolute Gasteiger partial charge is 0.302 e. The summed E-state index contributed by atoms with van der Waals surface area (Å²) >= 11 is 0. The lowest BCUT2D eigenvalue weighted by molar-refractivity contribution is -0.159. The highest BCUT2D eigenvalue weighted by Crippen LogP contribution is 2.21. The largest absolute Gasteiger partial charge is 0.460 e. The van der Waals surface area contributed by atoms with Crippen molar-refractivity contribution in [3.8, 4) is 0 Å². The Morgan fingerprint density at radius 2 is 2.00 bits per heavy atom. The summed E-state index contributed by atoms with van der Waals surface area (Å²) in [7, 11) is 1.00. The van der Waals surface area contributed by atoms with Crippen LogP contribution in [0, 0.1) is 5.92 Å². The van der Waals surface area contributed by atoms with Gasteiger partial charge in [-0.1, -0.05) is 6.92 Å². The number of hydrogen-bond donors (Lipinski definition) is 1. The maximum atomic E-state index is 10.6. The first-order valence-corrected chi connectivity index (χ1v) is 4.83. The lowest BCUT2D eigenvalue weighted by Gasteiger charge is -2.31. The highest BCUT2D eigenvalue weighted by Gasteiger charge is 2.26. The zero-order valence-corrected chi connectivity index (χ0v) is 9.32. The summed E-state index contributed by atoms with van der Waals surface area (Å²) in [6.45, 7) is 6.14. The highest BCUT2D eigenvalue weighted by atomic mass is 16.6. The van der Waals surface area contributed by atoms with Crippen LogP contribution in [0.25, 0.3) is 0 Å². The summed E-state index contributed by atoms with van der Waals surface area (Å²) in [5.74, 6) is 0.258. The van der Waals surface area contributed by atoms with Gasteiger partial charge in [0.05, 0.1) is 12.7 Å². The summed E-state index contributed by atoms with van der Waals surface area (Å²) < 4.78 is 10.5. The van der Waals surface area contributed by atoms with Gasteiger partial charge >= 0.3 is 5.97 Å². The molecule has 1 aliphatic rings. The van der Waals surface area contributed by atoms with E-state index >= 15 is 0 Å². The van der Waals surface area contributed by atoms with E-state index in [1.807, 2.05) is 0 Å². The Balaban J connectivity index is 0.000000791. The van der Waals surface area contributed by atoms with E-state index in [0.29, 0.717) is 12.5 Å². The van der Waals surface area contributed by atoms with E-state index in [1.165, 1.54) is 6.92 Å². The molecule has 0 aromatic carbocycles. The zero-order valence-electron chi connectivity index (χ0n) is 9.32. The molecule has 1 fully saturated rings. The molecule has 1 aliphatic heterocycles. The predicted octanol–water partition coefficient (Wildman–Crippen LogP) is 0.971. The maximum absolute atomic E-state index is 10.6. The van der Waals surface area contributed by atoms with Crippen LogP contribution < -0.4 is 0 Å². The molecule has 0 radical (unpaired) electrons. The SMILES string of the molecule is CC(=O)OC1COC(C)C(C)C1.CO.